The van der Waals surface area contributed by atoms with Gasteiger partial charge in [-0.05, 0) is 38.5 Å². The standard InChI is InChI=1S/C22H24N4O3S2/c1-5-8-26-21(28)17(31-22(26)30)10-16-19(24-11-14(3)29-15(4)12-24)23-18-13(2)7-6-9-25(18)20(16)27/h5-7,9-10,14-15H,1,8,11-12H2,2-4H3/b17-10+/t14-,15+. The van der Waals surface area contributed by atoms with E-state index >= 15 is 0 Å². The number of nitrogens with zero attached hydrogens (tertiary/aromatic N) is 4. The van der Waals surface area contributed by atoms with Gasteiger partial charge in [0.2, 0.25) is 0 Å². The molecule has 0 N–H and O–H groups in total. The number of anilines is 1. The molecule has 1 amide bonds. The SMILES string of the molecule is C=CCN1C(=O)/C(=C\c2c(N3C[C@@H](C)O[C@@H](C)C3)nc3c(C)cccn3c2=O)SC1=S. The van der Waals surface area contributed by atoms with Gasteiger partial charge in [0.05, 0.1) is 22.7 Å². The third-order valence-electron chi connectivity index (χ3n) is 5.24. The molecule has 4 heterocycles. The Labute approximate surface area is 190 Å². The highest BCUT2D eigenvalue weighted by Crippen LogP contribution is 2.34. The number of fused-ring (bicyclic) bond motifs is 1. The number of aryl methyl sites for hydroxylation is 1. The van der Waals surface area contributed by atoms with E-state index in [0.29, 0.717) is 45.9 Å². The van der Waals surface area contributed by atoms with Crippen molar-refractivity contribution >= 4 is 51.7 Å². The average molecular weight is 457 g/mol. The number of hydrogen-bond donors (Lipinski definition) is 0. The quantitative estimate of drug-likeness (QED) is 0.398. The Morgan fingerprint density at radius 3 is 2.71 bits per heavy atom. The van der Waals surface area contributed by atoms with Crippen molar-refractivity contribution in [2.24, 2.45) is 0 Å². The Balaban J connectivity index is 1.90. The number of aromatic nitrogens is 2. The molecule has 2 aliphatic rings. The fourth-order valence-corrected chi connectivity index (χ4v) is 5.19. The molecule has 2 aromatic heterocycles. The third kappa shape index (κ3) is 4.05. The molecule has 0 aromatic carbocycles. The molecule has 7 nitrogen and oxygen atoms in total. The van der Waals surface area contributed by atoms with Gasteiger partial charge in [-0.25, -0.2) is 4.98 Å². The zero-order valence-electron chi connectivity index (χ0n) is 17.7. The Morgan fingerprint density at radius 1 is 1.32 bits per heavy atom. The number of thiocarbonyl (C=S) groups is 1. The topological polar surface area (TPSA) is 67.2 Å². The van der Waals surface area contributed by atoms with Crippen molar-refractivity contribution in [2.75, 3.05) is 24.5 Å². The molecule has 0 bridgehead atoms. The lowest BCUT2D eigenvalue weighted by molar-refractivity contribution is -0.121. The Hall–Kier alpha value is -2.49. The molecular formula is C22H24N4O3S2. The van der Waals surface area contributed by atoms with Gasteiger partial charge < -0.3 is 9.64 Å². The van der Waals surface area contributed by atoms with Crippen molar-refractivity contribution in [3.63, 3.8) is 0 Å². The molecule has 4 rings (SSSR count). The Kier molecular flexibility index (Phi) is 6.00. The lowest BCUT2D eigenvalue weighted by Crippen LogP contribution is -2.46. The second kappa shape index (κ2) is 8.57. The van der Waals surface area contributed by atoms with Crippen LogP contribution >= 0.6 is 24.0 Å². The molecule has 9 heteroatoms. The number of carbonyl (C=O) groups excluding carboxylic acids is 1. The fourth-order valence-electron chi connectivity index (χ4n) is 3.94. The molecule has 0 aliphatic carbocycles. The maximum absolute atomic E-state index is 13.5. The minimum atomic E-state index is -0.224. The highest BCUT2D eigenvalue weighted by molar-refractivity contribution is 8.26. The zero-order chi connectivity index (χ0) is 22.3. The Morgan fingerprint density at radius 2 is 2.03 bits per heavy atom. The van der Waals surface area contributed by atoms with E-state index in [1.807, 2.05) is 32.9 Å². The molecule has 2 aliphatic heterocycles. The largest absolute Gasteiger partial charge is 0.372 e. The number of rotatable bonds is 4. The highest BCUT2D eigenvalue weighted by atomic mass is 32.2. The van der Waals surface area contributed by atoms with Crippen LogP contribution in [0.2, 0.25) is 0 Å². The van der Waals surface area contributed by atoms with Gasteiger partial charge in [-0.1, -0.05) is 36.1 Å². The Bertz CT molecular complexity index is 1160. The molecule has 162 valence electrons. The van der Waals surface area contributed by atoms with E-state index in [1.165, 1.54) is 21.1 Å². The number of thioether (sulfide) groups is 1. The van der Waals surface area contributed by atoms with Crippen LogP contribution in [0.5, 0.6) is 0 Å². The van der Waals surface area contributed by atoms with Crippen LogP contribution in [0, 0.1) is 6.92 Å². The zero-order valence-corrected chi connectivity index (χ0v) is 19.3. The van der Waals surface area contributed by atoms with E-state index in [9.17, 15) is 9.59 Å². The highest BCUT2D eigenvalue weighted by Gasteiger charge is 2.33. The summed E-state index contributed by atoms with van der Waals surface area (Å²) >= 11 is 6.54. The van der Waals surface area contributed by atoms with Crippen LogP contribution in [0.1, 0.15) is 25.0 Å². The van der Waals surface area contributed by atoms with E-state index in [-0.39, 0.29) is 23.7 Å². The van der Waals surface area contributed by atoms with Crippen LogP contribution in [0.4, 0.5) is 5.82 Å². The van der Waals surface area contributed by atoms with Gasteiger partial charge in [0, 0.05) is 25.8 Å². The van der Waals surface area contributed by atoms with E-state index in [4.69, 9.17) is 21.9 Å². The predicted octanol–water partition coefficient (Wildman–Crippen LogP) is 3.00. The van der Waals surface area contributed by atoms with Gasteiger partial charge in [0.15, 0.2) is 0 Å². The number of hydrogen-bond acceptors (Lipinski definition) is 7. The first-order chi connectivity index (χ1) is 14.8. The summed E-state index contributed by atoms with van der Waals surface area (Å²) in [5, 5.41) is 0. The molecular weight excluding hydrogens is 432 g/mol. The summed E-state index contributed by atoms with van der Waals surface area (Å²) in [4.78, 5) is 35.2. The summed E-state index contributed by atoms with van der Waals surface area (Å²) in [7, 11) is 0. The summed E-state index contributed by atoms with van der Waals surface area (Å²) < 4.78 is 7.85. The predicted molar refractivity (Wildman–Crippen MR) is 128 cm³/mol. The minimum absolute atomic E-state index is 0.000441. The van der Waals surface area contributed by atoms with Crippen LogP contribution in [-0.4, -0.2) is 56.4 Å². The molecule has 0 spiro atoms. The lowest BCUT2D eigenvalue weighted by Gasteiger charge is -2.36. The fraction of sp³-hybridized carbons (Fsp3) is 0.364. The summed E-state index contributed by atoms with van der Waals surface area (Å²) in [6.45, 7) is 11.2. The van der Waals surface area contributed by atoms with E-state index < -0.39 is 0 Å². The summed E-state index contributed by atoms with van der Waals surface area (Å²) in [6, 6.07) is 3.74. The van der Waals surface area contributed by atoms with Crippen LogP contribution < -0.4 is 10.5 Å². The number of morpholine rings is 1. The molecule has 0 unspecified atom stereocenters. The lowest BCUT2D eigenvalue weighted by atomic mass is 10.1. The van der Waals surface area contributed by atoms with E-state index in [2.05, 4.69) is 11.5 Å². The molecule has 2 saturated heterocycles. The summed E-state index contributed by atoms with van der Waals surface area (Å²) in [6.07, 6.45) is 4.96. The smallest absolute Gasteiger partial charge is 0.267 e. The van der Waals surface area contributed by atoms with Gasteiger partial charge in [0.25, 0.3) is 11.5 Å². The number of ether oxygens (including phenoxy) is 1. The number of carbonyl (C=O) groups is 1. The van der Waals surface area contributed by atoms with E-state index in [0.717, 1.165) is 5.56 Å². The van der Waals surface area contributed by atoms with Gasteiger partial charge in [-0.3, -0.25) is 18.9 Å². The van der Waals surface area contributed by atoms with Gasteiger partial charge in [-0.2, -0.15) is 0 Å². The first-order valence-corrected chi connectivity index (χ1v) is 11.3. The van der Waals surface area contributed by atoms with Crippen LogP contribution in [0.15, 0.2) is 40.7 Å². The van der Waals surface area contributed by atoms with E-state index in [1.54, 1.807) is 18.3 Å². The van der Waals surface area contributed by atoms with Gasteiger partial charge in [-0.15, -0.1) is 6.58 Å². The maximum Gasteiger partial charge on any atom is 0.267 e. The second-order valence-electron chi connectivity index (χ2n) is 7.78. The van der Waals surface area contributed by atoms with Crippen LogP contribution in [0.3, 0.4) is 0 Å². The number of amides is 1. The maximum atomic E-state index is 13.5. The molecule has 2 atom stereocenters. The van der Waals surface area contributed by atoms with Gasteiger partial charge >= 0.3 is 0 Å². The van der Waals surface area contributed by atoms with Crippen molar-refractivity contribution < 1.29 is 9.53 Å². The van der Waals surface area contributed by atoms with Crippen LogP contribution in [-0.2, 0) is 9.53 Å². The average Bonchev–Trinajstić information content (AvgIpc) is 2.97. The normalized spacial score (nSPS) is 23.3. The number of pyridine rings is 1. The summed E-state index contributed by atoms with van der Waals surface area (Å²) in [5.41, 5.74) is 1.66. The first-order valence-electron chi connectivity index (χ1n) is 10.1. The van der Waals surface area contributed by atoms with Crippen molar-refractivity contribution in [1.82, 2.24) is 14.3 Å². The first kappa shape index (κ1) is 21.7. The summed E-state index contributed by atoms with van der Waals surface area (Å²) in [5.74, 6) is 0.341. The molecule has 2 aromatic rings. The molecule has 2 fully saturated rings. The molecule has 0 radical (unpaired) electrons. The molecule has 0 saturated carbocycles. The van der Waals surface area contributed by atoms with Gasteiger partial charge in [0.1, 0.15) is 15.8 Å². The monoisotopic (exact) mass is 456 g/mol. The third-order valence-corrected chi connectivity index (χ3v) is 6.62. The van der Waals surface area contributed by atoms with Crippen molar-refractivity contribution in [1.29, 1.82) is 0 Å². The molecule has 31 heavy (non-hydrogen) atoms. The van der Waals surface area contributed by atoms with Crippen molar-refractivity contribution in [2.45, 2.75) is 33.0 Å². The van der Waals surface area contributed by atoms with Crippen LogP contribution in [0.25, 0.3) is 11.7 Å². The van der Waals surface area contributed by atoms with Crippen molar-refractivity contribution in [3.05, 3.63) is 57.4 Å². The van der Waals surface area contributed by atoms with Crippen molar-refractivity contribution in [3.8, 4) is 0 Å². The second-order valence-corrected chi connectivity index (χ2v) is 9.46. The minimum Gasteiger partial charge on any atom is -0.372 e.